The number of halogens is 1. The molecule has 0 spiro atoms. The summed E-state index contributed by atoms with van der Waals surface area (Å²) in [7, 11) is 3.96. The number of benzene rings is 1. The van der Waals surface area contributed by atoms with Gasteiger partial charge in [-0.1, -0.05) is 31.0 Å². The third-order valence-electron chi connectivity index (χ3n) is 4.57. The van der Waals surface area contributed by atoms with Crippen molar-refractivity contribution in [2.45, 2.75) is 38.1 Å². The molecule has 1 aliphatic rings. The van der Waals surface area contributed by atoms with Crippen molar-refractivity contribution in [3.8, 4) is 0 Å². The van der Waals surface area contributed by atoms with Crippen LogP contribution in [-0.4, -0.2) is 50.6 Å². The minimum atomic E-state index is -0.143. The summed E-state index contributed by atoms with van der Waals surface area (Å²) in [5, 5.41) is 6.57. The molecule has 0 aliphatic heterocycles. The lowest BCUT2D eigenvalue weighted by atomic mass is 10.1. The molecule has 1 aliphatic carbocycles. The minimum Gasteiger partial charge on any atom is -0.356 e. The number of likely N-dealkylation sites (N-methyl/N-ethyl adjacent to an activating group) is 1. The van der Waals surface area contributed by atoms with Crippen LogP contribution in [0.15, 0.2) is 29.3 Å². The second-order valence-corrected chi connectivity index (χ2v) is 6.19. The first-order valence-electron chi connectivity index (χ1n) is 8.59. The predicted octanol–water partition coefficient (Wildman–Crippen LogP) is 2.41. The molecule has 1 aromatic rings. The van der Waals surface area contributed by atoms with Crippen molar-refractivity contribution in [1.29, 1.82) is 0 Å². The van der Waals surface area contributed by atoms with Crippen molar-refractivity contribution < 1.29 is 4.39 Å². The molecule has 2 N–H and O–H groups in total. The summed E-state index contributed by atoms with van der Waals surface area (Å²) in [4.78, 5) is 6.66. The molecule has 23 heavy (non-hydrogen) atoms. The van der Waals surface area contributed by atoms with Crippen molar-refractivity contribution >= 4 is 5.96 Å². The molecule has 0 atom stereocenters. The monoisotopic (exact) mass is 320 g/mol. The highest BCUT2D eigenvalue weighted by Crippen LogP contribution is 2.21. The highest BCUT2D eigenvalue weighted by atomic mass is 19.1. The number of rotatable bonds is 7. The normalized spacial score (nSPS) is 16.1. The van der Waals surface area contributed by atoms with E-state index in [1.807, 2.05) is 12.1 Å². The van der Waals surface area contributed by atoms with Gasteiger partial charge in [-0.2, -0.15) is 0 Å². The molecular formula is C18H29FN4. The van der Waals surface area contributed by atoms with Gasteiger partial charge in [0.15, 0.2) is 5.96 Å². The molecule has 0 aromatic heterocycles. The fourth-order valence-electron chi connectivity index (χ4n) is 3.12. The SMILES string of the molecule is CN=C(NCCc1ccccc1F)NCCN(C)C1CCCC1. The Hall–Kier alpha value is -1.62. The van der Waals surface area contributed by atoms with Crippen LogP contribution in [-0.2, 0) is 6.42 Å². The maximum absolute atomic E-state index is 13.6. The maximum atomic E-state index is 13.6. The van der Waals surface area contributed by atoms with E-state index in [4.69, 9.17) is 0 Å². The zero-order valence-electron chi connectivity index (χ0n) is 14.3. The third-order valence-corrected chi connectivity index (χ3v) is 4.57. The molecule has 4 nitrogen and oxygen atoms in total. The van der Waals surface area contributed by atoms with Gasteiger partial charge in [0.25, 0.3) is 0 Å². The maximum Gasteiger partial charge on any atom is 0.191 e. The Morgan fingerprint density at radius 2 is 1.91 bits per heavy atom. The van der Waals surface area contributed by atoms with Crippen LogP contribution in [0.3, 0.4) is 0 Å². The molecule has 1 aromatic carbocycles. The summed E-state index contributed by atoms with van der Waals surface area (Å²) < 4.78 is 13.6. The van der Waals surface area contributed by atoms with E-state index in [9.17, 15) is 4.39 Å². The van der Waals surface area contributed by atoms with E-state index < -0.39 is 0 Å². The standard InChI is InChI=1S/C18H29FN4/c1-20-18(21-12-11-15-7-3-6-10-17(15)19)22-13-14-23(2)16-8-4-5-9-16/h3,6-7,10,16H,4-5,8-9,11-14H2,1-2H3,(H2,20,21,22). The van der Waals surface area contributed by atoms with E-state index in [2.05, 4.69) is 27.6 Å². The van der Waals surface area contributed by atoms with E-state index >= 15 is 0 Å². The molecule has 5 heteroatoms. The topological polar surface area (TPSA) is 39.7 Å². The van der Waals surface area contributed by atoms with Gasteiger partial charge in [0.2, 0.25) is 0 Å². The van der Waals surface area contributed by atoms with Crippen molar-refractivity contribution in [1.82, 2.24) is 15.5 Å². The van der Waals surface area contributed by atoms with Gasteiger partial charge in [0.1, 0.15) is 5.82 Å². The smallest absolute Gasteiger partial charge is 0.191 e. The van der Waals surface area contributed by atoms with E-state index in [1.165, 1.54) is 31.7 Å². The van der Waals surface area contributed by atoms with E-state index in [0.29, 0.717) is 13.0 Å². The van der Waals surface area contributed by atoms with Gasteiger partial charge in [-0.15, -0.1) is 0 Å². The van der Waals surface area contributed by atoms with E-state index in [0.717, 1.165) is 30.7 Å². The molecule has 1 fully saturated rings. The van der Waals surface area contributed by atoms with Gasteiger partial charge in [-0.25, -0.2) is 4.39 Å². The molecule has 0 heterocycles. The highest BCUT2D eigenvalue weighted by molar-refractivity contribution is 5.79. The zero-order valence-corrected chi connectivity index (χ0v) is 14.3. The van der Waals surface area contributed by atoms with Gasteiger partial charge in [-0.3, -0.25) is 4.99 Å². The van der Waals surface area contributed by atoms with Gasteiger partial charge < -0.3 is 15.5 Å². The van der Waals surface area contributed by atoms with Crippen LogP contribution in [0.1, 0.15) is 31.2 Å². The zero-order chi connectivity index (χ0) is 16.5. The lowest BCUT2D eigenvalue weighted by molar-refractivity contribution is 0.249. The van der Waals surface area contributed by atoms with Crippen molar-refractivity contribution in [3.63, 3.8) is 0 Å². The lowest BCUT2D eigenvalue weighted by Crippen LogP contribution is -2.43. The van der Waals surface area contributed by atoms with Crippen molar-refractivity contribution in [2.24, 2.45) is 4.99 Å². The summed E-state index contributed by atoms with van der Waals surface area (Å²) in [6, 6.07) is 7.65. The average Bonchev–Trinajstić information content (AvgIpc) is 3.09. The molecule has 1 saturated carbocycles. The summed E-state index contributed by atoms with van der Waals surface area (Å²) in [6.45, 7) is 2.55. The number of hydrogen-bond donors (Lipinski definition) is 2. The molecule has 0 saturated heterocycles. The molecule has 128 valence electrons. The van der Waals surface area contributed by atoms with Crippen LogP contribution in [0.5, 0.6) is 0 Å². The second kappa shape index (κ2) is 9.50. The average molecular weight is 320 g/mol. The summed E-state index contributed by atoms with van der Waals surface area (Å²) in [5.41, 5.74) is 0.733. The molecule has 0 amide bonds. The number of nitrogens with zero attached hydrogens (tertiary/aromatic N) is 2. The van der Waals surface area contributed by atoms with Gasteiger partial charge in [0.05, 0.1) is 0 Å². The van der Waals surface area contributed by atoms with Crippen LogP contribution in [0.2, 0.25) is 0 Å². The first-order valence-corrected chi connectivity index (χ1v) is 8.59. The Labute approximate surface area is 139 Å². The third kappa shape index (κ3) is 5.82. The number of aliphatic imine (C=N–C) groups is 1. The van der Waals surface area contributed by atoms with Gasteiger partial charge >= 0.3 is 0 Å². The van der Waals surface area contributed by atoms with Crippen LogP contribution < -0.4 is 10.6 Å². The Balaban J connectivity index is 1.64. The summed E-state index contributed by atoms with van der Waals surface area (Å²) in [5.74, 6) is 0.636. The summed E-state index contributed by atoms with van der Waals surface area (Å²) >= 11 is 0. The molecule has 0 unspecified atom stereocenters. The fourth-order valence-corrected chi connectivity index (χ4v) is 3.12. The van der Waals surface area contributed by atoms with Crippen LogP contribution >= 0.6 is 0 Å². The summed E-state index contributed by atoms with van der Waals surface area (Å²) in [6.07, 6.45) is 6.02. The molecule has 2 rings (SSSR count). The number of hydrogen-bond acceptors (Lipinski definition) is 2. The predicted molar refractivity (Wildman–Crippen MR) is 94.4 cm³/mol. The number of nitrogens with one attached hydrogen (secondary N) is 2. The highest BCUT2D eigenvalue weighted by Gasteiger charge is 2.18. The Morgan fingerprint density at radius 3 is 2.61 bits per heavy atom. The largest absolute Gasteiger partial charge is 0.356 e. The first-order chi connectivity index (χ1) is 11.2. The van der Waals surface area contributed by atoms with Crippen molar-refractivity contribution in [2.75, 3.05) is 33.7 Å². The molecule has 0 radical (unpaired) electrons. The molecular weight excluding hydrogens is 291 g/mol. The first kappa shape index (κ1) is 17.7. The van der Waals surface area contributed by atoms with Gasteiger partial charge in [-0.05, 0) is 37.9 Å². The van der Waals surface area contributed by atoms with Gasteiger partial charge in [0, 0.05) is 32.7 Å². The Morgan fingerprint density at radius 1 is 1.22 bits per heavy atom. The van der Waals surface area contributed by atoms with Crippen molar-refractivity contribution in [3.05, 3.63) is 35.6 Å². The molecule has 0 bridgehead atoms. The minimum absolute atomic E-state index is 0.143. The van der Waals surface area contributed by atoms with Crippen LogP contribution in [0, 0.1) is 5.82 Å². The fraction of sp³-hybridized carbons (Fsp3) is 0.611. The Kier molecular flexibility index (Phi) is 7.33. The Bertz CT molecular complexity index is 498. The van der Waals surface area contributed by atoms with Crippen LogP contribution in [0.4, 0.5) is 4.39 Å². The quantitative estimate of drug-likeness (QED) is 0.599. The van der Waals surface area contributed by atoms with Crippen LogP contribution in [0.25, 0.3) is 0 Å². The van der Waals surface area contributed by atoms with E-state index in [-0.39, 0.29) is 5.82 Å². The second-order valence-electron chi connectivity index (χ2n) is 6.19. The number of guanidine groups is 1. The van der Waals surface area contributed by atoms with E-state index in [1.54, 1.807) is 13.1 Å². The lowest BCUT2D eigenvalue weighted by Gasteiger charge is -2.24.